The van der Waals surface area contributed by atoms with Crippen LogP contribution in [0.25, 0.3) is 0 Å². The normalized spacial score (nSPS) is 31.4. The summed E-state index contributed by atoms with van der Waals surface area (Å²) in [5.74, 6) is 2.96. The summed E-state index contributed by atoms with van der Waals surface area (Å²) in [5, 5.41) is 0. The van der Waals surface area contributed by atoms with Crippen molar-refractivity contribution in [3.63, 3.8) is 0 Å². The summed E-state index contributed by atoms with van der Waals surface area (Å²) in [5.41, 5.74) is 7.31. The fourth-order valence-electron chi connectivity index (χ4n) is 4.18. The predicted molar refractivity (Wildman–Crippen MR) is 78.3 cm³/mol. The van der Waals surface area contributed by atoms with Crippen LogP contribution in [0.3, 0.4) is 0 Å². The van der Waals surface area contributed by atoms with Gasteiger partial charge in [0.15, 0.2) is 0 Å². The van der Waals surface area contributed by atoms with Crippen LogP contribution in [0.2, 0.25) is 0 Å². The van der Waals surface area contributed by atoms with Crippen molar-refractivity contribution in [3.05, 3.63) is 18.1 Å². The van der Waals surface area contributed by atoms with Crippen molar-refractivity contribution in [1.82, 2.24) is 9.97 Å². The third-order valence-corrected chi connectivity index (χ3v) is 5.29. The van der Waals surface area contributed by atoms with E-state index in [1.54, 1.807) is 19.5 Å². The molecular weight excluding hydrogens is 250 g/mol. The second-order valence-electron chi connectivity index (χ2n) is 6.35. The summed E-state index contributed by atoms with van der Waals surface area (Å²) in [6.07, 6.45) is 12.8. The zero-order chi connectivity index (χ0) is 13.9. The number of aromatic nitrogens is 2. The maximum Gasteiger partial charge on any atom is 0.236 e. The lowest BCUT2D eigenvalue weighted by atomic mass is 9.66. The summed E-state index contributed by atoms with van der Waals surface area (Å²) < 4.78 is 5.31. The molecule has 0 radical (unpaired) electrons. The Labute approximate surface area is 121 Å². The van der Waals surface area contributed by atoms with Gasteiger partial charge in [-0.15, -0.1) is 0 Å². The molecule has 110 valence electrons. The molecule has 0 bridgehead atoms. The molecular formula is C16H25N3O. The molecule has 3 rings (SSSR count). The molecule has 2 aliphatic carbocycles. The first-order valence-corrected chi connectivity index (χ1v) is 7.90. The first-order valence-electron chi connectivity index (χ1n) is 7.90. The molecule has 0 aliphatic heterocycles. The van der Waals surface area contributed by atoms with Gasteiger partial charge < -0.3 is 10.5 Å². The third-order valence-electron chi connectivity index (χ3n) is 5.29. The number of nitrogens with zero attached hydrogens (tertiary/aromatic N) is 2. The standard InChI is InChI=1S/C16H25N3O/c1-20-16-15(18-8-9-19-16)14(17)13-7-6-11-4-2-3-5-12(11)10-13/h8-9,11-14H,2-7,10,17H2,1H3. The van der Waals surface area contributed by atoms with Crippen LogP contribution in [0.5, 0.6) is 5.88 Å². The minimum Gasteiger partial charge on any atom is -0.480 e. The lowest BCUT2D eigenvalue weighted by Crippen LogP contribution is -2.33. The Kier molecular flexibility index (Phi) is 4.20. The lowest BCUT2D eigenvalue weighted by Gasteiger charge is -2.41. The molecule has 0 aromatic carbocycles. The van der Waals surface area contributed by atoms with Crippen molar-refractivity contribution in [2.24, 2.45) is 23.5 Å². The second-order valence-corrected chi connectivity index (χ2v) is 6.35. The number of nitrogens with two attached hydrogens (primary N) is 1. The number of hydrogen-bond acceptors (Lipinski definition) is 4. The second kappa shape index (κ2) is 6.08. The van der Waals surface area contributed by atoms with Crippen LogP contribution >= 0.6 is 0 Å². The maximum absolute atomic E-state index is 6.49. The third kappa shape index (κ3) is 2.66. The Balaban J connectivity index is 1.72. The highest BCUT2D eigenvalue weighted by molar-refractivity contribution is 5.21. The molecule has 2 aliphatic rings. The summed E-state index contributed by atoms with van der Waals surface area (Å²) in [6.45, 7) is 0. The van der Waals surface area contributed by atoms with E-state index in [9.17, 15) is 0 Å². The van der Waals surface area contributed by atoms with Crippen molar-refractivity contribution in [1.29, 1.82) is 0 Å². The summed E-state index contributed by atoms with van der Waals surface area (Å²) in [6, 6.07) is -0.0403. The molecule has 4 atom stereocenters. The van der Waals surface area contributed by atoms with Gasteiger partial charge >= 0.3 is 0 Å². The predicted octanol–water partition coefficient (Wildman–Crippen LogP) is 3.09. The van der Waals surface area contributed by atoms with Crippen molar-refractivity contribution in [2.45, 2.75) is 51.0 Å². The molecule has 20 heavy (non-hydrogen) atoms. The number of hydrogen-bond donors (Lipinski definition) is 1. The van der Waals surface area contributed by atoms with Crippen LogP contribution in [0.4, 0.5) is 0 Å². The molecule has 0 saturated heterocycles. The highest BCUT2D eigenvalue weighted by Gasteiger charge is 2.36. The smallest absolute Gasteiger partial charge is 0.236 e. The molecule has 4 unspecified atom stereocenters. The summed E-state index contributed by atoms with van der Waals surface area (Å²) in [7, 11) is 1.64. The molecule has 1 aromatic heterocycles. The van der Waals surface area contributed by atoms with Gasteiger partial charge in [-0.05, 0) is 37.0 Å². The van der Waals surface area contributed by atoms with Gasteiger partial charge in [-0.1, -0.05) is 25.7 Å². The average molecular weight is 275 g/mol. The Morgan fingerprint density at radius 1 is 1.10 bits per heavy atom. The van der Waals surface area contributed by atoms with Crippen LogP contribution < -0.4 is 10.5 Å². The monoisotopic (exact) mass is 275 g/mol. The van der Waals surface area contributed by atoms with Crippen LogP contribution in [-0.2, 0) is 0 Å². The number of fused-ring (bicyclic) bond motifs is 1. The Morgan fingerprint density at radius 3 is 2.65 bits per heavy atom. The minimum absolute atomic E-state index is 0.0403. The quantitative estimate of drug-likeness (QED) is 0.920. The van der Waals surface area contributed by atoms with Gasteiger partial charge in [0.25, 0.3) is 0 Å². The van der Waals surface area contributed by atoms with E-state index in [-0.39, 0.29) is 6.04 Å². The van der Waals surface area contributed by atoms with Crippen LogP contribution in [0, 0.1) is 17.8 Å². The van der Waals surface area contributed by atoms with Gasteiger partial charge in [0.2, 0.25) is 5.88 Å². The topological polar surface area (TPSA) is 61.0 Å². The van der Waals surface area contributed by atoms with E-state index < -0.39 is 0 Å². The van der Waals surface area contributed by atoms with Gasteiger partial charge in [0.1, 0.15) is 5.69 Å². The van der Waals surface area contributed by atoms with Gasteiger partial charge in [-0.25, -0.2) is 4.98 Å². The number of rotatable bonds is 3. The molecule has 2 fully saturated rings. The molecule has 4 nitrogen and oxygen atoms in total. The Morgan fingerprint density at radius 2 is 1.85 bits per heavy atom. The Bertz CT molecular complexity index is 451. The zero-order valence-electron chi connectivity index (χ0n) is 12.3. The van der Waals surface area contributed by atoms with Crippen LogP contribution in [0.1, 0.15) is 56.7 Å². The lowest BCUT2D eigenvalue weighted by molar-refractivity contribution is 0.116. The minimum atomic E-state index is -0.0403. The largest absolute Gasteiger partial charge is 0.480 e. The van der Waals surface area contributed by atoms with Crippen molar-refractivity contribution in [2.75, 3.05) is 7.11 Å². The first-order chi connectivity index (χ1) is 9.79. The molecule has 0 spiro atoms. The van der Waals surface area contributed by atoms with Crippen molar-refractivity contribution < 1.29 is 4.74 Å². The highest BCUT2D eigenvalue weighted by atomic mass is 16.5. The van der Waals surface area contributed by atoms with E-state index in [0.717, 1.165) is 17.5 Å². The highest BCUT2D eigenvalue weighted by Crippen LogP contribution is 2.45. The van der Waals surface area contributed by atoms with E-state index in [1.807, 2.05) is 0 Å². The van der Waals surface area contributed by atoms with E-state index in [2.05, 4.69) is 9.97 Å². The van der Waals surface area contributed by atoms with Gasteiger partial charge in [-0.3, -0.25) is 4.98 Å². The molecule has 2 N–H and O–H groups in total. The summed E-state index contributed by atoms with van der Waals surface area (Å²) in [4.78, 5) is 8.65. The molecule has 0 amide bonds. The molecule has 1 aromatic rings. The Hall–Kier alpha value is -1.16. The van der Waals surface area contributed by atoms with E-state index in [4.69, 9.17) is 10.5 Å². The van der Waals surface area contributed by atoms with Gasteiger partial charge in [0.05, 0.1) is 13.2 Å². The number of methoxy groups -OCH3 is 1. The first kappa shape index (κ1) is 13.8. The fourth-order valence-corrected chi connectivity index (χ4v) is 4.18. The average Bonchev–Trinajstić information content (AvgIpc) is 2.53. The van der Waals surface area contributed by atoms with E-state index in [1.165, 1.54) is 44.9 Å². The van der Waals surface area contributed by atoms with Gasteiger partial charge in [0, 0.05) is 12.4 Å². The SMILES string of the molecule is COc1nccnc1C(N)C1CCC2CCCCC2C1. The molecule has 4 heteroatoms. The van der Waals surface area contributed by atoms with Crippen LogP contribution in [-0.4, -0.2) is 17.1 Å². The molecule has 1 heterocycles. The van der Waals surface area contributed by atoms with Crippen molar-refractivity contribution >= 4 is 0 Å². The maximum atomic E-state index is 6.49. The van der Waals surface area contributed by atoms with Crippen LogP contribution in [0.15, 0.2) is 12.4 Å². The summed E-state index contributed by atoms with van der Waals surface area (Å²) >= 11 is 0. The zero-order valence-corrected chi connectivity index (χ0v) is 12.3. The van der Waals surface area contributed by atoms with E-state index >= 15 is 0 Å². The number of ether oxygens (including phenoxy) is 1. The van der Waals surface area contributed by atoms with E-state index in [0.29, 0.717) is 11.8 Å². The molecule has 2 saturated carbocycles. The van der Waals surface area contributed by atoms with Gasteiger partial charge in [-0.2, -0.15) is 0 Å². The van der Waals surface area contributed by atoms with Crippen molar-refractivity contribution in [3.8, 4) is 5.88 Å². The fraction of sp³-hybridized carbons (Fsp3) is 0.750.